The normalized spacial score (nSPS) is 31.2. The van der Waals surface area contributed by atoms with Gasteiger partial charge in [0.2, 0.25) is 0 Å². The number of aromatic nitrogens is 2. The first kappa shape index (κ1) is 19.7. The molecule has 0 amide bonds. The van der Waals surface area contributed by atoms with Gasteiger partial charge in [-0.25, -0.2) is 8.78 Å². The molecule has 1 unspecified atom stereocenters. The van der Waals surface area contributed by atoms with Crippen LogP contribution < -0.4 is 15.0 Å². The van der Waals surface area contributed by atoms with Gasteiger partial charge in [0.25, 0.3) is 5.92 Å². The van der Waals surface area contributed by atoms with Crippen LogP contribution in [0.2, 0.25) is 0 Å². The smallest absolute Gasteiger partial charge is 0.318 e. The van der Waals surface area contributed by atoms with E-state index < -0.39 is 16.9 Å². The summed E-state index contributed by atoms with van der Waals surface area (Å²) in [6.45, 7) is 4.52. The largest absolute Gasteiger partial charge is 0.463 e. The lowest BCUT2D eigenvalue weighted by molar-refractivity contribution is 0.0286. The summed E-state index contributed by atoms with van der Waals surface area (Å²) >= 11 is 0. The van der Waals surface area contributed by atoms with Crippen LogP contribution in [0, 0.1) is 5.41 Å². The first-order chi connectivity index (χ1) is 13.1. The Balaban J connectivity index is 1.56. The molecule has 0 radical (unpaired) electrons. The zero-order valence-electron chi connectivity index (χ0n) is 16.8. The molecule has 3 aliphatic rings. The Morgan fingerprint density at radius 1 is 1.29 bits per heavy atom. The van der Waals surface area contributed by atoms with Crippen molar-refractivity contribution < 1.29 is 18.6 Å². The molecule has 7 nitrogen and oxygen atoms in total. The Morgan fingerprint density at radius 2 is 2.04 bits per heavy atom. The molecule has 0 aromatic carbocycles. The predicted octanol–water partition coefficient (Wildman–Crippen LogP) is 1.40. The second kappa shape index (κ2) is 6.74. The number of nitrogens with one attached hydrogen (secondary N) is 1. The van der Waals surface area contributed by atoms with Crippen molar-refractivity contribution in [1.29, 1.82) is 0 Å². The van der Waals surface area contributed by atoms with E-state index in [0.29, 0.717) is 19.6 Å². The molecule has 3 heterocycles. The van der Waals surface area contributed by atoms with Crippen molar-refractivity contribution in [2.45, 2.75) is 50.8 Å². The molecular weight excluding hydrogens is 368 g/mol. The van der Waals surface area contributed by atoms with E-state index in [1.165, 1.54) is 0 Å². The summed E-state index contributed by atoms with van der Waals surface area (Å²) in [5.74, 6) is -1.97. The second-order valence-electron chi connectivity index (χ2n) is 9.07. The first-order valence-corrected chi connectivity index (χ1v) is 9.84. The van der Waals surface area contributed by atoms with Crippen LogP contribution in [-0.4, -0.2) is 71.8 Å². The van der Waals surface area contributed by atoms with Crippen molar-refractivity contribution in [3.63, 3.8) is 0 Å². The van der Waals surface area contributed by atoms with Gasteiger partial charge in [-0.3, -0.25) is 0 Å². The number of halogens is 2. The topological polar surface area (TPSA) is 73.8 Å². The average Bonchev–Trinajstić information content (AvgIpc) is 2.93. The van der Waals surface area contributed by atoms with E-state index in [2.05, 4.69) is 20.2 Å². The van der Waals surface area contributed by atoms with Crippen LogP contribution in [0.15, 0.2) is 0 Å². The molecule has 1 aliphatic carbocycles. The third kappa shape index (κ3) is 3.67. The van der Waals surface area contributed by atoms with E-state index in [4.69, 9.17) is 4.74 Å². The first-order valence-electron chi connectivity index (χ1n) is 9.84. The lowest BCUT2D eigenvalue weighted by Gasteiger charge is -2.38. The van der Waals surface area contributed by atoms with Crippen molar-refractivity contribution in [3.05, 3.63) is 11.3 Å². The van der Waals surface area contributed by atoms with Crippen LogP contribution in [0.4, 0.5) is 14.6 Å². The van der Waals surface area contributed by atoms with Gasteiger partial charge in [-0.2, -0.15) is 9.97 Å². The number of hydrogen-bond acceptors (Lipinski definition) is 7. The van der Waals surface area contributed by atoms with E-state index in [0.717, 1.165) is 36.5 Å². The highest BCUT2D eigenvalue weighted by molar-refractivity contribution is 5.52. The minimum absolute atomic E-state index is 0.110. The summed E-state index contributed by atoms with van der Waals surface area (Å²) < 4.78 is 33.7. The van der Waals surface area contributed by atoms with Gasteiger partial charge in [0, 0.05) is 44.7 Å². The molecule has 1 aromatic heterocycles. The third-order valence-electron chi connectivity index (χ3n) is 5.93. The summed E-state index contributed by atoms with van der Waals surface area (Å²) in [5.41, 5.74) is -0.0969. The Morgan fingerprint density at radius 3 is 2.68 bits per heavy atom. The molecule has 2 fully saturated rings. The average molecular weight is 397 g/mol. The number of piperidine rings is 1. The number of aliphatic hydroxyl groups is 1. The minimum atomic E-state index is -2.72. The van der Waals surface area contributed by atoms with Crippen molar-refractivity contribution in [2.24, 2.45) is 5.41 Å². The van der Waals surface area contributed by atoms with E-state index >= 15 is 0 Å². The van der Waals surface area contributed by atoms with Gasteiger partial charge in [0.15, 0.2) is 0 Å². The maximum absolute atomic E-state index is 14.0. The van der Waals surface area contributed by atoms with Gasteiger partial charge < -0.3 is 25.0 Å². The molecule has 9 heteroatoms. The Kier molecular flexibility index (Phi) is 4.75. The number of alkyl halides is 2. The predicted molar refractivity (Wildman–Crippen MR) is 101 cm³/mol. The monoisotopic (exact) mass is 397 g/mol. The Labute approximate surface area is 164 Å². The van der Waals surface area contributed by atoms with Gasteiger partial charge in [-0.1, -0.05) is 0 Å². The number of β-amino-alcohol motifs (C(OH)–C–C–N with tert-alkyl or cyclic N) is 1. The summed E-state index contributed by atoms with van der Waals surface area (Å²) in [7, 11) is 3.57. The molecular formula is C19H29F2N5O2. The van der Waals surface area contributed by atoms with Crippen molar-refractivity contribution >= 4 is 5.82 Å². The van der Waals surface area contributed by atoms with Crippen LogP contribution in [-0.2, 0) is 13.1 Å². The molecule has 28 heavy (non-hydrogen) atoms. The van der Waals surface area contributed by atoms with Crippen molar-refractivity contribution in [3.8, 4) is 6.01 Å². The molecule has 4 rings (SSSR count). The zero-order chi connectivity index (χ0) is 20.2. The van der Waals surface area contributed by atoms with E-state index in [1.54, 1.807) is 19.0 Å². The van der Waals surface area contributed by atoms with Gasteiger partial charge >= 0.3 is 6.01 Å². The molecule has 1 saturated heterocycles. The summed E-state index contributed by atoms with van der Waals surface area (Å²) in [5, 5.41) is 13.7. The van der Waals surface area contributed by atoms with Crippen LogP contribution in [0.3, 0.4) is 0 Å². The fraction of sp³-hybridized carbons (Fsp3) is 0.789. The standard InChI is InChI=1S/C19H29F2N5O2/c1-17(27)5-4-6-26(10-17)15-13-7-22-8-14(13)23-16(24-15)28-12-18(11-25(2)3)9-19(18,20)21/h22,27H,4-12H2,1-3H3/t17?,18-/m1/s1. The molecule has 1 saturated carbocycles. The van der Waals surface area contributed by atoms with E-state index in [1.807, 2.05) is 6.92 Å². The molecule has 2 aliphatic heterocycles. The number of hydrogen-bond donors (Lipinski definition) is 2. The summed E-state index contributed by atoms with van der Waals surface area (Å²) in [6.07, 6.45) is 1.45. The highest BCUT2D eigenvalue weighted by Crippen LogP contribution is 2.60. The number of fused-ring (bicyclic) bond motifs is 1. The number of rotatable bonds is 6. The SMILES string of the molecule is CN(C)C[C@@]1(COc2nc3c(c(N4CCCC(C)(O)C4)n2)CNC3)CC1(F)F. The quantitative estimate of drug-likeness (QED) is 0.752. The number of anilines is 1. The maximum atomic E-state index is 14.0. The summed E-state index contributed by atoms with van der Waals surface area (Å²) in [4.78, 5) is 12.9. The molecule has 2 N–H and O–H groups in total. The highest BCUT2D eigenvalue weighted by atomic mass is 19.3. The van der Waals surface area contributed by atoms with Gasteiger partial charge in [-0.15, -0.1) is 0 Å². The second-order valence-corrected chi connectivity index (χ2v) is 9.07. The highest BCUT2D eigenvalue weighted by Gasteiger charge is 2.71. The van der Waals surface area contributed by atoms with Crippen LogP contribution in [0.5, 0.6) is 6.01 Å². The Bertz CT molecular complexity index is 758. The Hall–Kier alpha value is -1.58. The minimum Gasteiger partial charge on any atom is -0.463 e. The molecule has 0 spiro atoms. The van der Waals surface area contributed by atoms with Gasteiger partial charge in [0.05, 0.1) is 16.7 Å². The van der Waals surface area contributed by atoms with Gasteiger partial charge in [-0.05, 0) is 33.9 Å². The van der Waals surface area contributed by atoms with Crippen molar-refractivity contribution in [1.82, 2.24) is 20.2 Å². The fourth-order valence-corrected chi connectivity index (χ4v) is 4.42. The molecule has 0 bridgehead atoms. The zero-order valence-corrected chi connectivity index (χ0v) is 16.8. The summed E-state index contributed by atoms with van der Waals surface area (Å²) in [6, 6.07) is 0.142. The number of ether oxygens (including phenoxy) is 1. The van der Waals surface area contributed by atoms with E-state index in [9.17, 15) is 13.9 Å². The van der Waals surface area contributed by atoms with E-state index in [-0.39, 0.29) is 25.6 Å². The van der Waals surface area contributed by atoms with Crippen LogP contribution in [0.1, 0.15) is 37.4 Å². The van der Waals surface area contributed by atoms with Crippen LogP contribution in [0.25, 0.3) is 0 Å². The van der Waals surface area contributed by atoms with Crippen LogP contribution >= 0.6 is 0 Å². The molecule has 156 valence electrons. The molecule has 1 aromatic rings. The lowest BCUT2D eigenvalue weighted by Crippen LogP contribution is -2.46. The maximum Gasteiger partial charge on any atom is 0.318 e. The fourth-order valence-electron chi connectivity index (χ4n) is 4.42. The van der Waals surface area contributed by atoms with Gasteiger partial charge in [0.1, 0.15) is 12.4 Å². The molecule has 2 atom stereocenters. The van der Waals surface area contributed by atoms with Crippen molar-refractivity contribution in [2.75, 3.05) is 45.2 Å². The number of nitrogens with zero attached hydrogens (tertiary/aromatic N) is 4. The lowest BCUT2D eigenvalue weighted by atomic mass is 9.95. The third-order valence-corrected chi connectivity index (χ3v) is 5.93.